The number of nitrogens with zero attached hydrogens (tertiary/aromatic N) is 2. The molecule has 0 amide bonds. The summed E-state index contributed by atoms with van der Waals surface area (Å²) >= 11 is 0. The molecule has 0 spiro atoms. The molecule has 4 heteroatoms. The molecule has 0 bridgehead atoms. The minimum Gasteiger partial charge on any atom is -0.339 e. The quantitative estimate of drug-likeness (QED) is 0.935. The van der Waals surface area contributed by atoms with Gasteiger partial charge in [-0.15, -0.1) is 0 Å². The molecule has 2 aromatic rings. The molecular weight excluding hydrogens is 262 g/mol. The molecule has 1 aliphatic heterocycles. The minimum absolute atomic E-state index is 0.267. The number of benzene rings is 1. The summed E-state index contributed by atoms with van der Waals surface area (Å²) in [5, 5.41) is 7.68. The summed E-state index contributed by atoms with van der Waals surface area (Å²) < 4.78 is 5.42. The smallest absolute Gasteiger partial charge is 0.227 e. The lowest BCUT2D eigenvalue weighted by Crippen LogP contribution is -2.21. The third-order valence-corrected chi connectivity index (χ3v) is 4.23. The van der Waals surface area contributed by atoms with Gasteiger partial charge in [-0.3, -0.25) is 0 Å². The maximum Gasteiger partial charge on any atom is 0.227 e. The molecule has 1 aromatic heterocycles. The van der Waals surface area contributed by atoms with Crippen LogP contribution in [-0.2, 0) is 12.8 Å². The van der Waals surface area contributed by atoms with Gasteiger partial charge in [0.25, 0.3) is 0 Å². The van der Waals surface area contributed by atoms with E-state index in [4.69, 9.17) is 4.52 Å². The van der Waals surface area contributed by atoms with Crippen LogP contribution in [0.5, 0.6) is 0 Å². The van der Waals surface area contributed by atoms with Crippen molar-refractivity contribution in [2.24, 2.45) is 0 Å². The van der Waals surface area contributed by atoms with E-state index >= 15 is 0 Å². The highest BCUT2D eigenvalue weighted by Gasteiger charge is 2.19. The van der Waals surface area contributed by atoms with Crippen LogP contribution in [0, 0.1) is 6.92 Å². The van der Waals surface area contributed by atoms with Gasteiger partial charge in [0.15, 0.2) is 5.82 Å². The molecule has 21 heavy (non-hydrogen) atoms. The van der Waals surface area contributed by atoms with Gasteiger partial charge in [-0.1, -0.05) is 42.3 Å². The largest absolute Gasteiger partial charge is 0.339 e. The van der Waals surface area contributed by atoms with E-state index in [-0.39, 0.29) is 6.04 Å². The first-order valence-electron chi connectivity index (χ1n) is 7.93. The number of hydrogen-bond acceptors (Lipinski definition) is 4. The lowest BCUT2D eigenvalue weighted by atomic mass is 10.0. The maximum atomic E-state index is 5.42. The highest BCUT2D eigenvalue weighted by molar-refractivity contribution is 5.25. The topological polar surface area (TPSA) is 51.0 Å². The van der Waals surface area contributed by atoms with E-state index in [0.29, 0.717) is 0 Å². The Morgan fingerprint density at radius 1 is 1.19 bits per heavy atom. The summed E-state index contributed by atoms with van der Waals surface area (Å²) in [6, 6.07) is 8.73. The van der Waals surface area contributed by atoms with Crippen LogP contribution in [0.1, 0.15) is 54.6 Å². The molecule has 0 radical (unpaired) electrons. The Hall–Kier alpha value is -1.68. The van der Waals surface area contributed by atoms with Gasteiger partial charge >= 0.3 is 0 Å². The SMILES string of the molecule is Cc1ccccc1CCc1nc(C2CCCCCN2)no1. The van der Waals surface area contributed by atoms with Crippen molar-refractivity contribution >= 4 is 0 Å². The summed E-state index contributed by atoms with van der Waals surface area (Å²) in [7, 11) is 0. The van der Waals surface area contributed by atoms with E-state index in [1.807, 2.05) is 0 Å². The van der Waals surface area contributed by atoms with Crippen LogP contribution in [0.3, 0.4) is 0 Å². The molecule has 1 aromatic carbocycles. The fourth-order valence-corrected chi connectivity index (χ4v) is 2.89. The van der Waals surface area contributed by atoms with Crippen molar-refractivity contribution in [1.82, 2.24) is 15.5 Å². The Balaban J connectivity index is 1.61. The molecule has 2 heterocycles. The van der Waals surface area contributed by atoms with Gasteiger partial charge in [0.1, 0.15) is 0 Å². The molecule has 112 valence electrons. The zero-order chi connectivity index (χ0) is 14.5. The van der Waals surface area contributed by atoms with Crippen LogP contribution in [0.25, 0.3) is 0 Å². The van der Waals surface area contributed by atoms with Crippen LogP contribution in [0.15, 0.2) is 28.8 Å². The van der Waals surface area contributed by atoms with E-state index in [1.54, 1.807) is 0 Å². The Bertz CT molecular complexity index is 571. The first-order valence-corrected chi connectivity index (χ1v) is 7.93. The third kappa shape index (κ3) is 3.70. The van der Waals surface area contributed by atoms with Gasteiger partial charge in [0, 0.05) is 6.42 Å². The van der Waals surface area contributed by atoms with E-state index in [9.17, 15) is 0 Å². The molecular formula is C17H23N3O. The molecule has 3 rings (SSSR count). The third-order valence-electron chi connectivity index (χ3n) is 4.23. The van der Waals surface area contributed by atoms with Gasteiger partial charge in [-0.25, -0.2) is 0 Å². The van der Waals surface area contributed by atoms with E-state index < -0.39 is 0 Å². The average molecular weight is 285 g/mol. The van der Waals surface area contributed by atoms with Gasteiger partial charge in [-0.05, 0) is 43.9 Å². The molecule has 1 atom stereocenters. The van der Waals surface area contributed by atoms with Crippen molar-refractivity contribution in [2.75, 3.05) is 6.54 Å². The van der Waals surface area contributed by atoms with Crippen molar-refractivity contribution in [3.05, 3.63) is 47.1 Å². The second-order valence-corrected chi connectivity index (χ2v) is 5.83. The monoisotopic (exact) mass is 285 g/mol. The summed E-state index contributed by atoms with van der Waals surface area (Å²) in [6.07, 6.45) is 6.65. The standard InChI is InChI=1S/C17H23N3O/c1-13-7-4-5-8-14(13)10-11-16-19-17(20-21-16)15-9-3-2-6-12-18-15/h4-5,7-8,15,18H,2-3,6,9-12H2,1H3. The number of rotatable bonds is 4. The number of aromatic nitrogens is 2. The Labute approximate surface area is 126 Å². The molecule has 1 aliphatic rings. The molecule has 1 unspecified atom stereocenters. The van der Waals surface area contributed by atoms with E-state index in [0.717, 1.165) is 37.5 Å². The van der Waals surface area contributed by atoms with Gasteiger partial charge in [-0.2, -0.15) is 4.98 Å². The Kier molecular flexibility index (Phi) is 4.65. The number of nitrogens with one attached hydrogen (secondary N) is 1. The number of hydrogen-bond donors (Lipinski definition) is 1. The lowest BCUT2D eigenvalue weighted by Gasteiger charge is -2.09. The second kappa shape index (κ2) is 6.85. The van der Waals surface area contributed by atoms with E-state index in [2.05, 4.69) is 46.6 Å². The predicted octanol–water partition coefficient (Wildman–Crippen LogP) is 3.37. The predicted molar refractivity (Wildman–Crippen MR) is 82.1 cm³/mol. The first-order chi connectivity index (χ1) is 10.3. The zero-order valence-corrected chi connectivity index (χ0v) is 12.6. The van der Waals surface area contributed by atoms with Crippen LogP contribution >= 0.6 is 0 Å². The van der Waals surface area contributed by atoms with Gasteiger partial charge in [0.05, 0.1) is 6.04 Å². The van der Waals surface area contributed by atoms with E-state index in [1.165, 1.54) is 30.4 Å². The molecule has 0 saturated carbocycles. The van der Waals surface area contributed by atoms with Gasteiger partial charge < -0.3 is 9.84 Å². The summed E-state index contributed by atoms with van der Waals surface area (Å²) in [5.41, 5.74) is 2.67. The summed E-state index contributed by atoms with van der Waals surface area (Å²) in [5.74, 6) is 1.58. The second-order valence-electron chi connectivity index (χ2n) is 5.83. The lowest BCUT2D eigenvalue weighted by molar-refractivity contribution is 0.363. The number of aryl methyl sites for hydroxylation is 3. The van der Waals surface area contributed by atoms with Crippen LogP contribution in [-0.4, -0.2) is 16.7 Å². The van der Waals surface area contributed by atoms with Crippen molar-refractivity contribution < 1.29 is 4.52 Å². The van der Waals surface area contributed by atoms with Crippen LogP contribution in [0.2, 0.25) is 0 Å². The highest BCUT2D eigenvalue weighted by atomic mass is 16.5. The van der Waals surface area contributed by atoms with Crippen LogP contribution < -0.4 is 5.32 Å². The summed E-state index contributed by atoms with van der Waals surface area (Å²) in [4.78, 5) is 4.58. The molecule has 4 nitrogen and oxygen atoms in total. The summed E-state index contributed by atoms with van der Waals surface area (Å²) in [6.45, 7) is 3.20. The van der Waals surface area contributed by atoms with Crippen molar-refractivity contribution in [3.63, 3.8) is 0 Å². The van der Waals surface area contributed by atoms with Crippen molar-refractivity contribution in [2.45, 2.75) is 51.5 Å². The Morgan fingerprint density at radius 2 is 2.10 bits per heavy atom. The maximum absolute atomic E-state index is 5.42. The molecule has 1 N–H and O–H groups in total. The highest BCUT2D eigenvalue weighted by Crippen LogP contribution is 2.20. The first kappa shape index (κ1) is 14.3. The minimum atomic E-state index is 0.267. The fourth-order valence-electron chi connectivity index (χ4n) is 2.89. The normalized spacial score (nSPS) is 19.4. The van der Waals surface area contributed by atoms with Crippen molar-refractivity contribution in [3.8, 4) is 0 Å². The molecule has 1 saturated heterocycles. The fraction of sp³-hybridized carbons (Fsp3) is 0.529. The van der Waals surface area contributed by atoms with Crippen molar-refractivity contribution in [1.29, 1.82) is 0 Å². The average Bonchev–Trinajstić information content (AvgIpc) is 2.80. The zero-order valence-electron chi connectivity index (χ0n) is 12.6. The molecule has 1 fully saturated rings. The van der Waals surface area contributed by atoms with Gasteiger partial charge in [0.2, 0.25) is 5.89 Å². The van der Waals surface area contributed by atoms with Crippen LogP contribution in [0.4, 0.5) is 0 Å². The Morgan fingerprint density at radius 3 is 3.00 bits per heavy atom. The molecule has 0 aliphatic carbocycles.